The van der Waals surface area contributed by atoms with Gasteiger partial charge >= 0.3 is 0 Å². The number of nitrogens with two attached hydrogens (primary N) is 1. The van der Waals surface area contributed by atoms with Crippen molar-refractivity contribution in [3.8, 4) is 11.6 Å². The van der Waals surface area contributed by atoms with Crippen molar-refractivity contribution in [3.05, 3.63) is 45.7 Å². The SMILES string of the molecule is Nc1c(Oc2ccc(Cl)c(F)c2)nc[nH]c1=O. The van der Waals surface area contributed by atoms with E-state index in [1.807, 2.05) is 0 Å². The number of rotatable bonds is 2. The highest BCUT2D eigenvalue weighted by molar-refractivity contribution is 6.30. The standard InChI is InChI=1S/C10H7ClFN3O2/c11-6-2-1-5(3-7(6)12)17-10-8(13)9(16)14-4-15-10/h1-4H,13H2,(H,14,15,16). The first kappa shape index (κ1) is 11.4. The summed E-state index contributed by atoms with van der Waals surface area (Å²) in [6.07, 6.45) is 1.14. The van der Waals surface area contributed by atoms with E-state index in [2.05, 4.69) is 9.97 Å². The predicted octanol–water partition coefficient (Wildman–Crippen LogP) is 1.94. The summed E-state index contributed by atoms with van der Waals surface area (Å²) in [7, 11) is 0. The number of nitrogen functional groups attached to an aromatic ring is 1. The third-order valence-electron chi connectivity index (χ3n) is 1.96. The number of aromatic nitrogens is 2. The number of ether oxygens (including phenoxy) is 1. The minimum atomic E-state index is -0.632. The molecule has 0 atom stereocenters. The lowest BCUT2D eigenvalue weighted by Gasteiger charge is -2.06. The summed E-state index contributed by atoms with van der Waals surface area (Å²) in [5, 5.41) is -0.0239. The van der Waals surface area contributed by atoms with Crippen LogP contribution in [0.3, 0.4) is 0 Å². The zero-order valence-corrected chi connectivity index (χ0v) is 9.16. The zero-order chi connectivity index (χ0) is 12.4. The Morgan fingerprint density at radius 3 is 2.94 bits per heavy atom. The molecule has 1 heterocycles. The van der Waals surface area contributed by atoms with Gasteiger partial charge in [0.05, 0.1) is 11.3 Å². The number of nitrogens with zero attached hydrogens (tertiary/aromatic N) is 1. The molecule has 88 valence electrons. The molecule has 0 saturated heterocycles. The summed E-state index contributed by atoms with van der Waals surface area (Å²) in [5.41, 5.74) is 4.75. The number of nitrogens with one attached hydrogen (secondary N) is 1. The van der Waals surface area contributed by atoms with E-state index in [1.165, 1.54) is 12.1 Å². The normalized spacial score (nSPS) is 10.2. The van der Waals surface area contributed by atoms with Gasteiger partial charge < -0.3 is 15.5 Å². The number of halogens is 2. The molecule has 0 aliphatic rings. The van der Waals surface area contributed by atoms with Crippen LogP contribution < -0.4 is 16.0 Å². The van der Waals surface area contributed by atoms with Gasteiger partial charge in [0.15, 0.2) is 5.69 Å². The van der Waals surface area contributed by atoms with Gasteiger partial charge in [0.25, 0.3) is 5.56 Å². The lowest BCUT2D eigenvalue weighted by atomic mass is 10.3. The molecule has 0 radical (unpaired) electrons. The molecular weight excluding hydrogens is 249 g/mol. The molecule has 0 spiro atoms. The lowest BCUT2D eigenvalue weighted by molar-refractivity contribution is 0.458. The highest BCUT2D eigenvalue weighted by Gasteiger charge is 2.08. The molecular formula is C10H7ClFN3O2. The minimum absolute atomic E-state index is 0.0239. The minimum Gasteiger partial charge on any atom is -0.437 e. The van der Waals surface area contributed by atoms with E-state index in [1.54, 1.807) is 0 Å². The van der Waals surface area contributed by atoms with Crippen molar-refractivity contribution in [2.75, 3.05) is 5.73 Å². The number of hydrogen-bond acceptors (Lipinski definition) is 4. The number of anilines is 1. The van der Waals surface area contributed by atoms with Gasteiger partial charge in [0, 0.05) is 6.07 Å². The van der Waals surface area contributed by atoms with Gasteiger partial charge in [-0.15, -0.1) is 0 Å². The third-order valence-corrected chi connectivity index (χ3v) is 2.26. The van der Waals surface area contributed by atoms with Crippen molar-refractivity contribution in [1.29, 1.82) is 0 Å². The molecule has 1 aromatic carbocycles. The predicted molar refractivity (Wildman–Crippen MR) is 60.8 cm³/mol. The molecule has 0 fully saturated rings. The summed E-state index contributed by atoms with van der Waals surface area (Å²) < 4.78 is 18.3. The van der Waals surface area contributed by atoms with Crippen LogP contribution in [0, 0.1) is 5.82 Å². The number of benzene rings is 1. The maximum absolute atomic E-state index is 13.1. The van der Waals surface area contributed by atoms with Crippen LogP contribution in [0.2, 0.25) is 5.02 Å². The fraction of sp³-hybridized carbons (Fsp3) is 0. The monoisotopic (exact) mass is 255 g/mol. The first-order valence-electron chi connectivity index (χ1n) is 4.54. The molecule has 17 heavy (non-hydrogen) atoms. The quantitative estimate of drug-likeness (QED) is 0.859. The van der Waals surface area contributed by atoms with Gasteiger partial charge in [-0.2, -0.15) is 0 Å². The van der Waals surface area contributed by atoms with Crippen molar-refractivity contribution in [3.63, 3.8) is 0 Å². The van der Waals surface area contributed by atoms with Gasteiger partial charge in [0.2, 0.25) is 5.88 Å². The highest BCUT2D eigenvalue weighted by atomic mass is 35.5. The molecule has 0 amide bonds. The molecule has 0 saturated carbocycles. The second-order valence-electron chi connectivity index (χ2n) is 3.13. The van der Waals surface area contributed by atoms with E-state index in [9.17, 15) is 9.18 Å². The molecule has 7 heteroatoms. The van der Waals surface area contributed by atoms with Gasteiger partial charge in [-0.1, -0.05) is 11.6 Å². The average molecular weight is 256 g/mol. The van der Waals surface area contributed by atoms with Crippen LogP contribution in [0.25, 0.3) is 0 Å². The molecule has 0 aliphatic carbocycles. The summed E-state index contributed by atoms with van der Waals surface area (Å²) in [5.74, 6) is -0.570. The van der Waals surface area contributed by atoms with E-state index in [4.69, 9.17) is 22.1 Å². The molecule has 2 rings (SSSR count). The Kier molecular flexibility index (Phi) is 2.97. The van der Waals surface area contributed by atoms with E-state index in [0.717, 1.165) is 12.4 Å². The Hall–Kier alpha value is -2.08. The first-order chi connectivity index (χ1) is 8.08. The van der Waals surface area contributed by atoms with E-state index >= 15 is 0 Å². The van der Waals surface area contributed by atoms with Crippen molar-refractivity contribution in [2.45, 2.75) is 0 Å². The Bertz CT molecular complexity index is 615. The summed E-state index contributed by atoms with van der Waals surface area (Å²) in [6, 6.07) is 3.84. The van der Waals surface area contributed by atoms with Crippen LogP contribution in [0.5, 0.6) is 11.6 Å². The Balaban J connectivity index is 2.35. The molecule has 2 aromatic rings. The smallest absolute Gasteiger partial charge is 0.277 e. The maximum Gasteiger partial charge on any atom is 0.277 e. The van der Waals surface area contributed by atoms with Crippen molar-refractivity contribution < 1.29 is 9.13 Å². The van der Waals surface area contributed by atoms with Crippen LogP contribution in [-0.2, 0) is 0 Å². The van der Waals surface area contributed by atoms with Crippen LogP contribution in [0.4, 0.5) is 10.1 Å². The highest BCUT2D eigenvalue weighted by Crippen LogP contribution is 2.25. The summed E-state index contributed by atoms with van der Waals surface area (Å²) in [4.78, 5) is 17.2. The van der Waals surface area contributed by atoms with Crippen molar-refractivity contribution >= 4 is 17.3 Å². The Morgan fingerprint density at radius 1 is 1.47 bits per heavy atom. The van der Waals surface area contributed by atoms with Gasteiger partial charge in [-0.3, -0.25) is 4.79 Å². The lowest BCUT2D eigenvalue weighted by Crippen LogP contribution is -2.13. The van der Waals surface area contributed by atoms with Gasteiger partial charge in [-0.05, 0) is 12.1 Å². The second kappa shape index (κ2) is 4.42. The Labute approximate surface area is 100 Å². The first-order valence-corrected chi connectivity index (χ1v) is 4.92. The van der Waals surface area contributed by atoms with Crippen LogP contribution in [-0.4, -0.2) is 9.97 Å². The van der Waals surface area contributed by atoms with E-state index in [0.29, 0.717) is 0 Å². The molecule has 1 aromatic heterocycles. The van der Waals surface area contributed by atoms with E-state index < -0.39 is 11.4 Å². The number of hydrogen-bond donors (Lipinski definition) is 2. The summed E-state index contributed by atoms with van der Waals surface area (Å²) >= 11 is 5.51. The molecule has 0 aliphatic heterocycles. The summed E-state index contributed by atoms with van der Waals surface area (Å²) in [6.45, 7) is 0. The fourth-order valence-electron chi connectivity index (χ4n) is 1.13. The van der Waals surface area contributed by atoms with Gasteiger partial charge in [0.1, 0.15) is 11.6 Å². The number of aromatic amines is 1. The number of H-pyrrole nitrogens is 1. The van der Waals surface area contributed by atoms with E-state index in [-0.39, 0.29) is 22.3 Å². The van der Waals surface area contributed by atoms with Crippen molar-refractivity contribution in [1.82, 2.24) is 9.97 Å². The van der Waals surface area contributed by atoms with Crippen LogP contribution >= 0.6 is 11.6 Å². The second-order valence-corrected chi connectivity index (χ2v) is 3.54. The molecule has 5 nitrogen and oxygen atoms in total. The molecule has 0 bridgehead atoms. The Morgan fingerprint density at radius 2 is 2.24 bits per heavy atom. The largest absolute Gasteiger partial charge is 0.437 e. The van der Waals surface area contributed by atoms with Gasteiger partial charge in [-0.25, -0.2) is 9.37 Å². The topological polar surface area (TPSA) is 81.0 Å². The average Bonchev–Trinajstić information content (AvgIpc) is 2.30. The van der Waals surface area contributed by atoms with Crippen LogP contribution in [0.1, 0.15) is 0 Å². The maximum atomic E-state index is 13.1. The third kappa shape index (κ3) is 2.36. The fourth-order valence-corrected chi connectivity index (χ4v) is 1.24. The zero-order valence-electron chi connectivity index (χ0n) is 8.41. The molecule has 0 unspecified atom stereocenters. The van der Waals surface area contributed by atoms with Crippen molar-refractivity contribution in [2.24, 2.45) is 0 Å². The van der Waals surface area contributed by atoms with Crippen LogP contribution in [0.15, 0.2) is 29.3 Å². The molecule has 3 N–H and O–H groups in total.